The predicted octanol–water partition coefficient (Wildman–Crippen LogP) is 4.77. The van der Waals surface area contributed by atoms with Gasteiger partial charge in [-0.15, -0.1) is 5.10 Å². The fourth-order valence-electron chi connectivity index (χ4n) is 4.23. The van der Waals surface area contributed by atoms with Crippen molar-refractivity contribution in [3.8, 4) is 29.0 Å². The van der Waals surface area contributed by atoms with Crippen LogP contribution in [-0.2, 0) is 0 Å². The molecule has 0 aliphatic carbocycles. The van der Waals surface area contributed by atoms with Crippen LogP contribution in [0.4, 0.5) is 5.69 Å². The van der Waals surface area contributed by atoms with E-state index in [1.54, 1.807) is 24.8 Å². The molecule has 0 N–H and O–H groups in total. The van der Waals surface area contributed by atoms with E-state index < -0.39 is 0 Å². The first-order chi connectivity index (χ1) is 17.0. The summed E-state index contributed by atoms with van der Waals surface area (Å²) in [5.41, 5.74) is 5.28. The summed E-state index contributed by atoms with van der Waals surface area (Å²) in [4.78, 5) is 7.07. The van der Waals surface area contributed by atoms with Crippen molar-refractivity contribution in [2.24, 2.45) is 0 Å². The molecule has 2 aromatic heterocycles. The van der Waals surface area contributed by atoms with E-state index in [-0.39, 0.29) is 0 Å². The molecule has 7 heteroatoms. The number of nitrogens with zero attached hydrogens (tertiary/aromatic N) is 5. The van der Waals surface area contributed by atoms with Gasteiger partial charge in [-0.25, -0.2) is 9.50 Å². The Morgan fingerprint density at radius 3 is 2.57 bits per heavy atom. The fraction of sp³-hybridized carbons (Fsp3) is 0.321. The monoisotopic (exact) mass is 469 g/mol. The highest BCUT2D eigenvalue weighted by molar-refractivity contribution is 5.69. The number of benzene rings is 2. The Bertz CT molecular complexity index is 1430. The molecule has 0 saturated carbocycles. The van der Waals surface area contributed by atoms with Crippen LogP contribution in [0.15, 0.2) is 42.5 Å². The van der Waals surface area contributed by atoms with Gasteiger partial charge in [-0.2, -0.15) is 5.26 Å². The number of unbranched alkanes of at least 4 members (excludes halogenated alkanes) is 1. The molecule has 180 valence electrons. The molecular formula is C28H31N5O2. The van der Waals surface area contributed by atoms with E-state index >= 15 is 0 Å². The van der Waals surface area contributed by atoms with Crippen LogP contribution in [0.25, 0.3) is 23.1 Å². The lowest BCUT2D eigenvalue weighted by Gasteiger charge is -2.23. The lowest BCUT2D eigenvalue weighted by atomic mass is 10.1. The molecule has 0 saturated heterocycles. The Balaban J connectivity index is 1.79. The molecule has 0 unspecified atom stereocenters. The molecule has 4 aromatic rings. The minimum absolute atomic E-state index is 0.511. The third-order valence-electron chi connectivity index (χ3n) is 6.25. The second-order valence-corrected chi connectivity index (χ2v) is 8.45. The Kier molecular flexibility index (Phi) is 7.21. The minimum atomic E-state index is 0.511. The van der Waals surface area contributed by atoms with Gasteiger partial charge in [0.05, 0.1) is 30.7 Å². The number of fused-ring (bicyclic) bond motifs is 1. The van der Waals surface area contributed by atoms with E-state index in [9.17, 15) is 5.26 Å². The molecule has 0 spiro atoms. The first-order valence-electron chi connectivity index (χ1n) is 11.9. The van der Waals surface area contributed by atoms with E-state index in [1.807, 2.05) is 24.3 Å². The standard InChI is InChI=1S/C28H31N5O2/c1-6-8-13-32(7-2)22-10-9-20(19(3)14-22)15-25-21(18-29)16-27-30-28(31-33(25)27)24-17-23(34-4)11-12-26(24)35-5/h9-12,14-17H,6-8,13H2,1-5H3/b25-15+. The summed E-state index contributed by atoms with van der Waals surface area (Å²) in [6, 6.07) is 16.0. The van der Waals surface area contributed by atoms with Crippen molar-refractivity contribution in [2.45, 2.75) is 33.6 Å². The van der Waals surface area contributed by atoms with Crippen molar-refractivity contribution in [3.05, 3.63) is 64.5 Å². The van der Waals surface area contributed by atoms with E-state index in [0.29, 0.717) is 33.9 Å². The van der Waals surface area contributed by atoms with Crippen LogP contribution in [0.1, 0.15) is 43.4 Å². The maximum Gasteiger partial charge on any atom is 0.186 e. The fourth-order valence-corrected chi connectivity index (χ4v) is 4.23. The van der Waals surface area contributed by atoms with E-state index in [4.69, 9.17) is 14.6 Å². The van der Waals surface area contributed by atoms with Crippen molar-refractivity contribution >= 4 is 17.4 Å². The number of rotatable bonds is 9. The second kappa shape index (κ2) is 10.5. The maximum atomic E-state index is 9.77. The van der Waals surface area contributed by atoms with Gasteiger partial charge in [0.25, 0.3) is 0 Å². The van der Waals surface area contributed by atoms with Crippen molar-refractivity contribution in [2.75, 3.05) is 32.2 Å². The Morgan fingerprint density at radius 2 is 1.91 bits per heavy atom. The normalized spacial score (nSPS) is 11.6. The zero-order valence-electron chi connectivity index (χ0n) is 21.0. The molecule has 7 nitrogen and oxygen atoms in total. The summed E-state index contributed by atoms with van der Waals surface area (Å²) in [7, 11) is 3.23. The van der Waals surface area contributed by atoms with Crippen LogP contribution >= 0.6 is 0 Å². The van der Waals surface area contributed by atoms with Crippen LogP contribution in [0.3, 0.4) is 0 Å². The lowest BCUT2D eigenvalue weighted by Crippen LogP contribution is -2.23. The summed E-state index contributed by atoms with van der Waals surface area (Å²) < 4.78 is 12.6. The zero-order valence-corrected chi connectivity index (χ0v) is 21.0. The first-order valence-corrected chi connectivity index (χ1v) is 11.9. The van der Waals surface area contributed by atoms with Gasteiger partial charge in [0.15, 0.2) is 11.5 Å². The van der Waals surface area contributed by atoms with Crippen LogP contribution in [-0.4, -0.2) is 41.9 Å². The molecular weight excluding hydrogens is 438 g/mol. The van der Waals surface area contributed by atoms with E-state index in [1.165, 1.54) is 18.5 Å². The van der Waals surface area contributed by atoms with Crippen LogP contribution in [0.2, 0.25) is 0 Å². The molecule has 4 rings (SSSR count). The average molecular weight is 470 g/mol. The van der Waals surface area contributed by atoms with Gasteiger partial charge in [0, 0.05) is 24.8 Å². The number of hydrogen-bond acceptors (Lipinski definition) is 6. The van der Waals surface area contributed by atoms with Crippen molar-refractivity contribution in [1.29, 1.82) is 5.26 Å². The predicted molar refractivity (Wildman–Crippen MR) is 139 cm³/mol. The molecule has 2 heterocycles. The number of methoxy groups -OCH3 is 2. The van der Waals surface area contributed by atoms with Gasteiger partial charge in [0.2, 0.25) is 0 Å². The topological polar surface area (TPSA) is 75.7 Å². The summed E-state index contributed by atoms with van der Waals surface area (Å²) in [6.45, 7) is 8.52. The Morgan fingerprint density at radius 1 is 1.09 bits per heavy atom. The Hall–Kier alpha value is -4.05. The highest BCUT2D eigenvalue weighted by Crippen LogP contribution is 2.31. The molecule has 0 amide bonds. The number of ether oxygens (including phenoxy) is 2. The van der Waals surface area contributed by atoms with Gasteiger partial charge in [-0.1, -0.05) is 19.4 Å². The van der Waals surface area contributed by atoms with Gasteiger partial charge in [-0.05, 0) is 67.8 Å². The molecule has 35 heavy (non-hydrogen) atoms. The SMILES string of the molecule is CCCCN(CC)c1ccc(/C=c2\c(C#N)cc3nc(-c4cc(OC)ccc4OC)nn23)c(C)c1. The molecule has 2 aromatic carbocycles. The van der Waals surface area contributed by atoms with Crippen molar-refractivity contribution in [1.82, 2.24) is 14.6 Å². The molecule has 0 radical (unpaired) electrons. The number of anilines is 1. The Labute approximate surface area is 206 Å². The molecule has 0 aliphatic rings. The third kappa shape index (κ3) is 4.78. The largest absolute Gasteiger partial charge is 0.497 e. The first kappa shape index (κ1) is 24.1. The smallest absolute Gasteiger partial charge is 0.186 e. The average Bonchev–Trinajstić information content (AvgIpc) is 3.44. The van der Waals surface area contributed by atoms with Gasteiger partial charge >= 0.3 is 0 Å². The van der Waals surface area contributed by atoms with Crippen LogP contribution in [0.5, 0.6) is 11.5 Å². The zero-order chi connectivity index (χ0) is 24.9. The molecule has 0 atom stereocenters. The van der Waals surface area contributed by atoms with Crippen LogP contribution in [0, 0.1) is 18.3 Å². The van der Waals surface area contributed by atoms with Gasteiger partial charge in [-0.3, -0.25) is 0 Å². The summed E-state index contributed by atoms with van der Waals surface area (Å²) >= 11 is 0. The highest BCUT2D eigenvalue weighted by atomic mass is 16.5. The lowest BCUT2D eigenvalue weighted by molar-refractivity contribution is 0.404. The molecule has 0 aliphatic heterocycles. The van der Waals surface area contributed by atoms with Crippen LogP contribution < -0.4 is 19.7 Å². The van der Waals surface area contributed by atoms with E-state index in [2.05, 4.69) is 54.9 Å². The quantitative estimate of drug-likeness (QED) is 0.352. The van der Waals surface area contributed by atoms with E-state index in [0.717, 1.165) is 29.8 Å². The van der Waals surface area contributed by atoms with Gasteiger partial charge < -0.3 is 14.4 Å². The maximum absolute atomic E-state index is 9.77. The number of aryl methyl sites for hydroxylation is 1. The highest BCUT2D eigenvalue weighted by Gasteiger charge is 2.16. The van der Waals surface area contributed by atoms with Crippen molar-refractivity contribution in [3.63, 3.8) is 0 Å². The minimum Gasteiger partial charge on any atom is -0.497 e. The number of aromatic nitrogens is 3. The number of hydrogen-bond donors (Lipinski definition) is 0. The summed E-state index contributed by atoms with van der Waals surface area (Å²) in [5, 5.41) is 15.2. The molecule has 0 fully saturated rings. The summed E-state index contributed by atoms with van der Waals surface area (Å²) in [6.07, 6.45) is 4.35. The van der Waals surface area contributed by atoms with Crippen molar-refractivity contribution < 1.29 is 9.47 Å². The third-order valence-corrected chi connectivity index (χ3v) is 6.25. The summed E-state index contributed by atoms with van der Waals surface area (Å²) in [5.74, 6) is 1.85. The molecule has 0 bridgehead atoms. The second-order valence-electron chi connectivity index (χ2n) is 8.45. The number of nitriles is 1. The van der Waals surface area contributed by atoms with Gasteiger partial charge in [0.1, 0.15) is 17.6 Å².